The van der Waals surface area contributed by atoms with Crippen LogP contribution < -0.4 is 10.6 Å². The molecule has 3 N–H and O–H groups in total. The van der Waals surface area contributed by atoms with Crippen LogP contribution in [0.15, 0.2) is 0 Å². The zero-order valence-corrected chi connectivity index (χ0v) is 11.6. The Bertz CT molecular complexity index is 273. The first kappa shape index (κ1) is 16.7. The third kappa shape index (κ3) is 7.89. The number of carboxylic acid groups (broad SMARTS) is 1. The number of amides is 2. The van der Waals surface area contributed by atoms with E-state index in [-0.39, 0.29) is 18.5 Å². The summed E-state index contributed by atoms with van der Waals surface area (Å²) in [6.45, 7) is 5.81. The number of carboxylic acids is 1. The van der Waals surface area contributed by atoms with Gasteiger partial charge in [0.2, 0.25) is 0 Å². The maximum atomic E-state index is 11.7. The van der Waals surface area contributed by atoms with E-state index in [1.165, 1.54) is 0 Å². The molecule has 0 saturated heterocycles. The number of carbonyl (C=O) groups excluding carboxylic acids is 1. The summed E-state index contributed by atoms with van der Waals surface area (Å²) in [6.07, 6.45) is 1.64. The molecule has 0 aliphatic carbocycles. The SMILES string of the molecule is CCCC(COC)NC(=O)NC(C)(C)CC(=O)O. The van der Waals surface area contributed by atoms with Crippen LogP contribution in [0.2, 0.25) is 0 Å². The summed E-state index contributed by atoms with van der Waals surface area (Å²) in [5, 5.41) is 14.1. The van der Waals surface area contributed by atoms with Crippen molar-refractivity contribution in [2.45, 2.75) is 51.6 Å². The molecule has 6 heteroatoms. The van der Waals surface area contributed by atoms with Crippen LogP contribution in [0.3, 0.4) is 0 Å². The van der Waals surface area contributed by atoms with Crippen molar-refractivity contribution in [3.8, 4) is 0 Å². The second-order valence-electron chi connectivity index (χ2n) is 4.99. The van der Waals surface area contributed by atoms with E-state index < -0.39 is 11.5 Å². The summed E-state index contributed by atoms with van der Waals surface area (Å²) in [4.78, 5) is 22.4. The highest BCUT2D eigenvalue weighted by atomic mass is 16.5. The Balaban J connectivity index is 4.25. The molecule has 0 bridgehead atoms. The summed E-state index contributed by atoms with van der Waals surface area (Å²) in [5.74, 6) is -0.942. The van der Waals surface area contributed by atoms with Crippen molar-refractivity contribution < 1.29 is 19.4 Å². The Morgan fingerprint density at radius 1 is 1.39 bits per heavy atom. The summed E-state index contributed by atoms with van der Waals surface area (Å²) >= 11 is 0. The van der Waals surface area contributed by atoms with Gasteiger partial charge in [0, 0.05) is 12.6 Å². The largest absolute Gasteiger partial charge is 0.481 e. The van der Waals surface area contributed by atoms with Crippen molar-refractivity contribution in [2.75, 3.05) is 13.7 Å². The minimum absolute atomic E-state index is 0.0550. The molecule has 0 spiro atoms. The van der Waals surface area contributed by atoms with Crippen molar-refractivity contribution in [1.82, 2.24) is 10.6 Å². The van der Waals surface area contributed by atoms with Gasteiger partial charge >= 0.3 is 12.0 Å². The van der Waals surface area contributed by atoms with E-state index >= 15 is 0 Å². The number of nitrogens with one attached hydrogen (secondary N) is 2. The fourth-order valence-electron chi connectivity index (χ4n) is 1.70. The maximum Gasteiger partial charge on any atom is 0.315 e. The Labute approximate surface area is 108 Å². The van der Waals surface area contributed by atoms with E-state index in [2.05, 4.69) is 10.6 Å². The van der Waals surface area contributed by atoms with E-state index in [0.717, 1.165) is 12.8 Å². The van der Waals surface area contributed by atoms with Crippen LogP contribution >= 0.6 is 0 Å². The van der Waals surface area contributed by atoms with Crippen molar-refractivity contribution in [2.24, 2.45) is 0 Å². The minimum atomic E-state index is -0.942. The lowest BCUT2D eigenvalue weighted by Crippen LogP contribution is -2.52. The lowest BCUT2D eigenvalue weighted by molar-refractivity contribution is -0.138. The fraction of sp³-hybridized carbons (Fsp3) is 0.833. The van der Waals surface area contributed by atoms with Gasteiger partial charge in [-0.15, -0.1) is 0 Å². The van der Waals surface area contributed by atoms with Crippen LogP contribution in [0.4, 0.5) is 4.79 Å². The normalized spacial score (nSPS) is 12.9. The monoisotopic (exact) mass is 260 g/mol. The molecule has 1 atom stereocenters. The Morgan fingerprint density at radius 2 is 2.00 bits per heavy atom. The minimum Gasteiger partial charge on any atom is -0.481 e. The third-order valence-corrected chi connectivity index (χ3v) is 2.39. The summed E-state index contributed by atoms with van der Waals surface area (Å²) < 4.78 is 5.02. The molecule has 0 aromatic heterocycles. The topological polar surface area (TPSA) is 87.7 Å². The average Bonchev–Trinajstić information content (AvgIpc) is 2.14. The van der Waals surface area contributed by atoms with E-state index in [0.29, 0.717) is 6.61 Å². The molecule has 0 aromatic rings. The van der Waals surface area contributed by atoms with Gasteiger partial charge in [-0.05, 0) is 20.3 Å². The quantitative estimate of drug-likeness (QED) is 0.615. The van der Waals surface area contributed by atoms with Crippen molar-refractivity contribution >= 4 is 12.0 Å². The molecule has 6 nitrogen and oxygen atoms in total. The van der Waals surface area contributed by atoms with Gasteiger partial charge in [0.15, 0.2) is 0 Å². The van der Waals surface area contributed by atoms with E-state index in [1.54, 1.807) is 21.0 Å². The van der Waals surface area contributed by atoms with Gasteiger partial charge in [0.1, 0.15) is 0 Å². The van der Waals surface area contributed by atoms with Gasteiger partial charge in [0.25, 0.3) is 0 Å². The number of hydrogen-bond donors (Lipinski definition) is 3. The molecule has 1 unspecified atom stereocenters. The number of ether oxygens (including phenoxy) is 1. The van der Waals surface area contributed by atoms with Crippen LogP contribution in [0, 0.1) is 0 Å². The second-order valence-corrected chi connectivity index (χ2v) is 4.99. The molecular weight excluding hydrogens is 236 g/mol. The standard InChI is InChI=1S/C12H24N2O4/c1-5-6-9(8-18-4)13-11(17)14-12(2,3)7-10(15)16/h9H,5-8H2,1-4H3,(H,15,16)(H2,13,14,17). The van der Waals surface area contributed by atoms with Crippen LogP contribution in [0.25, 0.3) is 0 Å². The number of urea groups is 1. The fourth-order valence-corrected chi connectivity index (χ4v) is 1.70. The molecule has 0 radical (unpaired) electrons. The van der Waals surface area contributed by atoms with Crippen LogP contribution in [0.5, 0.6) is 0 Å². The Hall–Kier alpha value is -1.30. The first-order valence-corrected chi connectivity index (χ1v) is 6.10. The Kier molecular flexibility index (Phi) is 7.35. The Morgan fingerprint density at radius 3 is 2.44 bits per heavy atom. The number of methoxy groups -OCH3 is 1. The van der Waals surface area contributed by atoms with E-state index in [9.17, 15) is 9.59 Å². The highest BCUT2D eigenvalue weighted by molar-refractivity contribution is 5.76. The molecule has 106 valence electrons. The highest BCUT2D eigenvalue weighted by Crippen LogP contribution is 2.08. The summed E-state index contributed by atoms with van der Waals surface area (Å²) in [6, 6.07) is -0.419. The third-order valence-electron chi connectivity index (χ3n) is 2.39. The van der Waals surface area contributed by atoms with Gasteiger partial charge in [-0.2, -0.15) is 0 Å². The molecule has 18 heavy (non-hydrogen) atoms. The van der Waals surface area contributed by atoms with Crippen molar-refractivity contribution in [3.05, 3.63) is 0 Å². The molecule has 0 aliphatic rings. The van der Waals surface area contributed by atoms with Gasteiger partial charge in [-0.1, -0.05) is 13.3 Å². The van der Waals surface area contributed by atoms with E-state index in [4.69, 9.17) is 9.84 Å². The molecular formula is C12H24N2O4. The van der Waals surface area contributed by atoms with E-state index in [1.807, 2.05) is 6.92 Å². The average molecular weight is 260 g/mol. The predicted molar refractivity (Wildman–Crippen MR) is 68.6 cm³/mol. The van der Waals surface area contributed by atoms with Gasteiger partial charge in [-0.3, -0.25) is 4.79 Å². The first-order valence-electron chi connectivity index (χ1n) is 6.10. The first-order chi connectivity index (χ1) is 8.30. The van der Waals surface area contributed by atoms with Crippen LogP contribution in [-0.2, 0) is 9.53 Å². The molecule has 2 amide bonds. The number of carbonyl (C=O) groups is 2. The van der Waals surface area contributed by atoms with Gasteiger partial charge < -0.3 is 20.5 Å². The molecule has 0 fully saturated rings. The predicted octanol–water partition coefficient (Wildman–Crippen LogP) is 1.35. The zero-order chi connectivity index (χ0) is 14.2. The second kappa shape index (κ2) is 7.92. The number of rotatable bonds is 8. The van der Waals surface area contributed by atoms with Gasteiger partial charge in [0.05, 0.1) is 19.1 Å². The van der Waals surface area contributed by atoms with Crippen LogP contribution in [-0.4, -0.2) is 42.4 Å². The number of hydrogen-bond acceptors (Lipinski definition) is 3. The molecule has 0 aliphatic heterocycles. The number of aliphatic carboxylic acids is 1. The summed E-state index contributed by atoms with van der Waals surface area (Å²) in [7, 11) is 1.58. The summed E-state index contributed by atoms with van der Waals surface area (Å²) in [5.41, 5.74) is -0.778. The zero-order valence-electron chi connectivity index (χ0n) is 11.6. The molecule has 0 rings (SSSR count). The molecule has 0 heterocycles. The lowest BCUT2D eigenvalue weighted by atomic mass is 10.0. The molecule has 0 aromatic carbocycles. The molecule has 0 saturated carbocycles. The smallest absolute Gasteiger partial charge is 0.315 e. The van der Waals surface area contributed by atoms with Crippen molar-refractivity contribution in [1.29, 1.82) is 0 Å². The maximum absolute atomic E-state index is 11.7. The van der Waals surface area contributed by atoms with Crippen LogP contribution in [0.1, 0.15) is 40.0 Å². The highest BCUT2D eigenvalue weighted by Gasteiger charge is 2.24. The lowest BCUT2D eigenvalue weighted by Gasteiger charge is -2.26. The van der Waals surface area contributed by atoms with Crippen molar-refractivity contribution in [3.63, 3.8) is 0 Å². The van der Waals surface area contributed by atoms with Gasteiger partial charge in [-0.25, -0.2) is 4.79 Å².